The van der Waals surface area contributed by atoms with Gasteiger partial charge >= 0.3 is 23.9 Å². The van der Waals surface area contributed by atoms with Crippen LogP contribution in [0.5, 0.6) is 0 Å². The van der Waals surface area contributed by atoms with Crippen LogP contribution in [0.3, 0.4) is 0 Å². The number of carbonyl (C=O) groups excluding carboxylic acids is 5. The largest absolute Gasteiger partial charge is 0.463 e. The molecule has 0 aromatic carbocycles. The summed E-state index contributed by atoms with van der Waals surface area (Å²) in [4.78, 5) is 57.6. The molecule has 2 unspecified atom stereocenters. The average molecular weight is 423 g/mol. The van der Waals surface area contributed by atoms with Crippen LogP contribution >= 0.6 is 11.6 Å². The number of hydrogen-bond acceptors (Lipinski definition) is 10. The molecule has 0 aliphatic carbocycles. The molecule has 0 spiro atoms. The molecular weight excluding hydrogens is 400 g/mol. The maximum absolute atomic E-state index is 11.9. The van der Waals surface area contributed by atoms with Crippen molar-refractivity contribution in [3.05, 3.63) is 0 Å². The van der Waals surface area contributed by atoms with E-state index in [0.29, 0.717) is 0 Å². The lowest BCUT2D eigenvalue weighted by molar-refractivity contribution is -0.246. The molecule has 0 radical (unpaired) electrons. The molecule has 0 aromatic rings. The SMILES string of the molecule is CC(=O)OC[C@H]1OC(C(OC(C)=O)C(=O)Cl)[C@H](OC(C)=O)[C@@H](OC(C)=O)[C@@H]1C. The molecule has 11 heteroatoms. The Morgan fingerprint density at radius 3 is 1.86 bits per heavy atom. The van der Waals surface area contributed by atoms with Crippen LogP contribution in [0.1, 0.15) is 34.6 Å². The molecule has 1 aliphatic heterocycles. The molecular formula is C17H23ClO10. The lowest BCUT2D eigenvalue weighted by Gasteiger charge is -2.45. The Morgan fingerprint density at radius 1 is 0.893 bits per heavy atom. The quantitative estimate of drug-likeness (QED) is 0.324. The number of carbonyl (C=O) groups is 5. The summed E-state index contributed by atoms with van der Waals surface area (Å²) in [6.07, 6.45) is -6.27. The fourth-order valence-corrected chi connectivity index (χ4v) is 3.02. The number of esters is 4. The Bertz CT molecular complexity index is 633. The standard InChI is InChI=1S/C17H23ClO10/c1-7-12(6-24-8(2)19)28-15(16(17(18)23)27-11(5)22)14(26-10(4)21)13(7)25-9(3)20/h7,12-16H,6H2,1-5H3/t7-,12-,13+,14-,15?,16?/m1/s1. The van der Waals surface area contributed by atoms with Crippen LogP contribution in [0.15, 0.2) is 0 Å². The van der Waals surface area contributed by atoms with Gasteiger partial charge in [-0.15, -0.1) is 0 Å². The third-order valence-corrected chi connectivity index (χ3v) is 4.17. The van der Waals surface area contributed by atoms with Crippen LogP contribution < -0.4 is 0 Å². The van der Waals surface area contributed by atoms with Crippen molar-refractivity contribution in [3.63, 3.8) is 0 Å². The third-order valence-electron chi connectivity index (χ3n) is 3.95. The molecule has 6 atom stereocenters. The first-order valence-corrected chi connectivity index (χ1v) is 8.81. The summed E-state index contributed by atoms with van der Waals surface area (Å²) >= 11 is 5.56. The number of hydrogen-bond donors (Lipinski definition) is 0. The zero-order valence-corrected chi connectivity index (χ0v) is 16.9. The molecule has 158 valence electrons. The number of rotatable bonds is 7. The van der Waals surface area contributed by atoms with Crippen molar-refractivity contribution < 1.29 is 47.7 Å². The van der Waals surface area contributed by atoms with E-state index in [9.17, 15) is 24.0 Å². The fraction of sp³-hybridized carbons (Fsp3) is 0.706. The van der Waals surface area contributed by atoms with Crippen LogP contribution in [0.4, 0.5) is 0 Å². The average Bonchev–Trinajstić information content (AvgIpc) is 2.54. The lowest BCUT2D eigenvalue weighted by Crippen LogP contribution is -2.62. The van der Waals surface area contributed by atoms with Gasteiger partial charge in [0.1, 0.15) is 18.8 Å². The Kier molecular flexibility index (Phi) is 8.83. The van der Waals surface area contributed by atoms with Gasteiger partial charge in [-0.2, -0.15) is 0 Å². The molecule has 0 bridgehead atoms. The fourth-order valence-electron chi connectivity index (χ4n) is 2.85. The van der Waals surface area contributed by atoms with E-state index in [-0.39, 0.29) is 6.61 Å². The zero-order chi connectivity index (χ0) is 21.6. The molecule has 1 rings (SSSR count). The van der Waals surface area contributed by atoms with E-state index in [4.69, 9.17) is 35.3 Å². The highest BCUT2D eigenvalue weighted by Crippen LogP contribution is 2.33. The Labute approximate surface area is 166 Å². The summed E-state index contributed by atoms with van der Waals surface area (Å²) in [6.45, 7) is 5.90. The summed E-state index contributed by atoms with van der Waals surface area (Å²) < 4.78 is 26.2. The highest BCUT2D eigenvalue weighted by atomic mass is 35.5. The van der Waals surface area contributed by atoms with Gasteiger partial charge in [0.25, 0.3) is 5.24 Å². The van der Waals surface area contributed by atoms with Crippen molar-refractivity contribution in [1.82, 2.24) is 0 Å². The van der Waals surface area contributed by atoms with Crippen molar-refractivity contribution in [2.75, 3.05) is 6.61 Å². The molecule has 0 amide bonds. The summed E-state index contributed by atoms with van der Waals surface area (Å²) in [6, 6.07) is 0. The summed E-state index contributed by atoms with van der Waals surface area (Å²) in [7, 11) is 0. The molecule has 0 saturated carbocycles. The maximum atomic E-state index is 11.9. The second kappa shape index (κ2) is 10.4. The van der Waals surface area contributed by atoms with E-state index in [0.717, 1.165) is 20.8 Å². The van der Waals surface area contributed by atoms with Crippen molar-refractivity contribution in [1.29, 1.82) is 0 Å². The van der Waals surface area contributed by atoms with Gasteiger partial charge in [0, 0.05) is 33.6 Å². The Balaban J connectivity index is 3.34. The van der Waals surface area contributed by atoms with E-state index >= 15 is 0 Å². The van der Waals surface area contributed by atoms with Crippen molar-refractivity contribution in [2.45, 2.75) is 65.1 Å². The predicted octanol–water partition coefficient (Wildman–Crippen LogP) is 0.513. The normalized spacial score (nSPS) is 27.9. The molecule has 28 heavy (non-hydrogen) atoms. The van der Waals surface area contributed by atoms with Gasteiger partial charge in [0.15, 0.2) is 6.10 Å². The van der Waals surface area contributed by atoms with E-state index in [1.807, 2.05) is 0 Å². The number of ether oxygens (including phenoxy) is 5. The summed E-state index contributed by atoms with van der Waals surface area (Å²) in [5, 5.41) is -1.08. The minimum Gasteiger partial charge on any atom is -0.463 e. The zero-order valence-electron chi connectivity index (χ0n) is 16.1. The van der Waals surface area contributed by atoms with E-state index < -0.39 is 65.6 Å². The smallest absolute Gasteiger partial charge is 0.303 e. The topological polar surface area (TPSA) is 132 Å². The van der Waals surface area contributed by atoms with Crippen molar-refractivity contribution >= 4 is 40.7 Å². The Hall–Kier alpha value is -2.20. The first-order valence-electron chi connectivity index (χ1n) is 8.43. The predicted molar refractivity (Wildman–Crippen MR) is 92.0 cm³/mol. The van der Waals surface area contributed by atoms with Gasteiger partial charge in [-0.05, 0) is 11.6 Å². The van der Waals surface area contributed by atoms with Gasteiger partial charge in [-0.3, -0.25) is 24.0 Å². The van der Waals surface area contributed by atoms with Crippen molar-refractivity contribution in [2.24, 2.45) is 5.92 Å². The second-order valence-electron chi connectivity index (χ2n) is 6.28. The van der Waals surface area contributed by atoms with Gasteiger partial charge < -0.3 is 23.7 Å². The maximum Gasteiger partial charge on any atom is 0.303 e. The first-order chi connectivity index (χ1) is 12.9. The van der Waals surface area contributed by atoms with Crippen LogP contribution in [0, 0.1) is 5.92 Å². The molecule has 1 fully saturated rings. The molecule has 0 N–H and O–H groups in total. The minimum atomic E-state index is -1.64. The first kappa shape index (κ1) is 23.8. The Morgan fingerprint density at radius 2 is 1.43 bits per heavy atom. The monoisotopic (exact) mass is 422 g/mol. The summed E-state index contributed by atoms with van der Waals surface area (Å²) in [5.74, 6) is -3.44. The van der Waals surface area contributed by atoms with Gasteiger partial charge in [0.05, 0.1) is 6.10 Å². The van der Waals surface area contributed by atoms with E-state index in [2.05, 4.69) is 0 Å². The molecule has 0 aromatic heterocycles. The van der Waals surface area contributed by atoms with Gasteiger partial charge in [-0.1, -0.05) is 6.92 Å². The molecule has 1 heterocycles. The van der Waals surface area contributed by atoms with Crippen LogP contribution in [-0.2, 0) is 47.7 Å². The minimum absolute atomic E-state index is 0.235. The lowest BCUT2D eigenvalue weighted by atomic mass is 9.86. The van der Waals surface area contributed by atoms with E-state index in [1.165, 1.54) is 6.92 Å². The molecule has 1 saturated heterocycles. The van der Waals surface area contributed by atoms with Crippen molar-refractivity contribution in [3.8, 4) is 0 Å². The van der Waals surface area contributed by atoms with Gasteiger partial charge in [-0.25, -0.2) is 0 Å². The highest BCUT2D eigenvalue weighted by Gasteiger charge is 2.53. The van der Waals surface area contributed by atoms with Crippen LogP contribution in [0.25, 0.3) is 0 Å². The van der Waals surface area contributed by atoms with Crippen LogP contribution in [-0.4, -0.2) is 66.2 Å². The van der Waals surface area contributed by atoms with E-state index in [1.54, 1.807) is 6.92 Å². The van der Waals surface area contributed by atoms with Gasteiger partial charge in [0.2, 0.25) is 6.10 Å². The third kappa shape index (κ3) is 6.75. The molecule has 10 nitrogen and oxygen atoms in total. The highest BCUT2D eigenvalue weighted by molar-refractivity contribution is 6.64. The number of halogens is 1. The van der Waals surface area contributed by atoms with Crippen LogP contribution in [0.2, 0.25) is 0 Å². The summed E-state index contributed by atoms with van der Waals surface area (Å²) in [5.41, 5.74) is 0. The second-order valence-corrected chi connectivity index (χ2v) is 6.66. The molecule has 1 aliphatic rings.